The molecule has 3 rings (SSSR count). The second-order valence-corrected chi connectivity index (χ2v) is 9.87. The number of oxime groups is 1. The fourth-order valence-electron chi connectivity index (χ4n) is 2.88. The van der Waals surface area contributed by atoms with E-state index in [1.165, 1.54) is 17.1 Å². The summed E-state index contributed by atoms with van der Waals surface area (Å²) in [4.78, 5) is 58.7. The van der Waals surface area contributed by atoms with Crippen molar-refractivity contribution in [3.05, 3.63) is 35.5 Å². The first kappa shape index (κ1) is 24.5. The lowest BCUT2D eigenvalue weighted by atomic mass is 10.1. The van der Waals surface area contributed by atoms with Crippen LogP contribution in [0.2, 0.25) is 0 Å². The lowest BCUT2D eigenvalue weighted by molar-refractivity contribution is -0.160. The van der Waals surface area contributed by atoms with Crippen LogP contribution in [0.3, 0.4) is 0 Å². The number of nitrogens with zero attached hydrogens (tertiary/aromatic N) is 3. The summed E-state index contributed by atoms with van der Waals surface area (Å²) in [7, 11) is 0. The summed E-state index contributed by atoms with van der Waals surface area (Å²) in [6.45, 7) is 8.30. The number of thiazole rings is 1. The smallest absolute Gasteiger partial charge is 0.347 e. The molecule has 1 aromatic heterocycles. The van der Waals surface area contributed by atoms with Gasteiger partial charge in [0, 0.05) is 17.3 Å². The van der Waals surface area contributed by atoms with Crippen LogP contribution in [-0.2, 0) is 28.8 Å². The van der Waals surface area contributed by atoms with Crippen LogP contribution in [0, 0.1) is 0 Å². The van der Waals surface area contributed by atoms with Crippen LogP contribution in [0.1, 0.15) is 26.5 Å². The molecular formula is C20H23N5O6S2. The lowest BCUT2D eigenvalue weighted by Gasteiger charge is -2.47. The van der Waals surface area contributed by atoms with Gasteiger partial charge >= 0.3 is 5.97 Å². The van der Waals surface area contributed by atoms with Gasteiger partial charge in [-0.15, -0.1) is 23.1 Å². The normalized spacial score (nSPS) is 20.1. The molecule has 0 aromatic carbocycles. The van der Waals surface area contributed by atoms with E-state index in [0.717, 1.165) is 16.9 Å². The van der Waals surface area contributed by atoms with Gasteiger partial charge in [-0.25, -0.2) is 9.78 Å². The van der Waals surface area contributed by atoms with Crippen molar-refractivity contribution < 1.29 is 28.8 Å². The van der Waals surface area contributed by atoms with Gasteiger partial charge in [-0.1, -0.05) is 17.8 Å². The summed E-state index contributed by atoms with van der Waals surface area (Å²) in [6.07, 6.45) is 3.85. The first-order valence-corrected chi connectivity index (χ1v) is 11.7. The van der Waals surface area contributed by atoms with Crippen LogP contribution in [0.15, 0.2) is 35.0 Å². The quantitative estimate of drug-likeness (QED) is 0.172. The minimum Gasteiger partial charge on any atom is -0.457 e. The number of esters is 1. The first-order valence-electron chi connectivity index (χ1n) is 9.78. The number of rotatable bonds is 9. The van der Waals surface area contributed by atoms with Gasteiger partial charge in [0.25, 0.3) is 11.8 Å². The Bertz CT molecular complexity index is 1030. The average Bonchev–Trinajstić information content (AvgIpc) is 3.21. The van der Waals surface area contributed by atoms with Crippen molar-refractivity contribution in [3.63, 3.8) is 0 Å². The molecule has 3 amide bonds. The molecule has 2 aliphatic rings. The highest BCUT2D eigenvalue weighted by atomic mass is 32.2. The Hall–Kier alpha value is -3.19. The molecule has 1 aromatic rings. The lowest BCUT2D eigenvalue weighted by Crippen LogP contribution is -2.69. The van der Waals surface area contributed by atoms with Gasteiger partial charge in [0.05, 0.1) is 0 Å². The minimum absolute atomic E-state index is 0.111. The fraction of sp³-hybridized carbons (Fsp3) is 0.400. The van der Waals surface area contributed by atoms with Gasteiger partial charge in [-0.3, -0.25) is 14.4 Å². The zero-order chi connectivity index (χ0) is 24.2. The predicted molar refractivity (Wildman–Crippen MR) is 123 cm³/mol. The van der Waals surface area contributed by atoms with Gasteiger partial charge in [-0.2, -0.15) is 0 Å². The SMILES string of the molecule is C=CC1=CN2C(=O)C(NC(=O)C(=NOCC(=O)OC(C)(C)C)c3csc(NC=O)n3)[C@@H]2SC1. The molecular weight excluding hydrogens is 470 g/mol. The number of allylic oxidation sites excluding steroid dienone is 1. The Morgan fingerprint density at radius 3 is 2.85 bits per heavy atom. The van der Waals surface area contributed by atoms with Crippen LogP contribution in [0.4, 0.5) is 5.13 Å². The topological polar surface area (TPSA) is 139 Å². The molecule has 1 unspecified atom stereocenters. The molecule has 1 fully saturated rings. The summed E-state index contributed by atoms with van der Waals surface area (Å²) in [5.41, 5.74) is 0.0793. The van der Waals surface area contributed by atoms with Crippen LogP contribution < -0.4 is 10.6 Å². The average molecular weight is 494 g/mol. The van der Waals surface area contributed by atoms with Gasteiger partial charge in [-0.05, 0) is 26.3 Å². The first-order chi connectivity index (χ1) is 15.6. The maximum Gasteiger partial charge on any atom is 0.347 e. The molecule has 176 valence electrons. The van der Waals surface area contributed by atoms with Gasteiger partial charge in [0.1, 0.15) is 22.7 Å². The van der Waals surface area contributed by atoms with E-state index in [1.54, 1.807) is 37.9 Å². The molecule has 0 aliphatic carbocycles. The maximum atomic E-state index is 13.0. The second kappa shape index (κ2) is 10.2. The van der Waals surface area contributed by atoms with E-state index >= 15 is 0 Å². The number of amides is 3. The number of thioether (sulfide) groups is 1. The summed E-state index contributed by atoms with van der Waals surface area (Å²) >= 11 is 2.57. The van der Waals surface area contributed by atoms with E-state index in [2.05, 4.69) is 27.4 Å². The number of hydrogen-bond acceptors (Lipinski definition) is 10. The number of β-lactam (4-membered cyclic amide) rings is 1. The molecule has 33 heavy (non-hydrogen) atoms. The summed E-state index contributed by atoms with van der Waals surface area (Å²) < 4.78 is 5.14. The van der Waals surface area contributed by atoms with Gasteiger partial charge in [0.2, 0.25) is 13.0 Å². The summed E-state index contributed by atoms with van der Waals surface area (Å²) in [6, 6.07) is -0.757. The largest absolute Gasteiger partial charge is 0.457 e. The summed E-state index contributed by atoms with van der Waals surface area (Å²) in [5, 5.41) is 10.3. The van der Waals surface area contributed by atoms with Crippen LogP contribution >= 0.6 is 23.1 Å². The van der Waals surface area contributed by atoms with Gasteiger partial charge < -0.3 is 25.1 Å². The predicted octanol–water partition coefficient (Wildman–Crippen LogP) is 1.24. The monoisotopic (exact) mass is 493 g/mol. The third-order valence-electron chi connectivity index (χ3n) is 4.26. The van der Waals surface area contributed by atoms with E-state index in [4.69, 9.17) is 9.57 Å². The van der Waals surface area contributed by atoms with E-state index in [1.807, 2.05) is 0 Å². The molecule has 2 N–H and O–H groups in total. The molecule has 0 radical (unpaired) electrons. The minimum atomic E-state index is -0.757. The molecule has 0 spiro atoms. The number of carbonyl (C=O) groups is 4. The van der Waals surface area contributed by atoms with Crippen LogP contribution in [0.5, 0.6) is 0 Å². The van der Waals surface area contributed by atoms with E-state index < -0.39 is 30.1 Å². The number of nitrogens with one attached hydrogen (secondary N) is 2. The van der Waals surface area contributed by atoms with E-state index in [-0.39, 0.29) is 27.8 Å². The molecule has 0 saturated carbocycles. The molecule has 1 saturated heterocycles. The van der Waals surface area contributed by atoms with Gasteiger partial charge in [0.15, 0.2) is 10.8 Å². The van der Waals surface area contributed by atoms with Crippen molar-refractivity contribution in [1.82, 2.24) is 15.2 Å². The van der Waals surface area contributed by atoms with Crippen molar-refractivity contribution in [3.8, 4) is 0 Å². The third kappa shape index (κ3) is 5.99. The van der Waals surface area contributed by atoms with Crippen molar-refractivity contribution in [2.75, 3.05) is 17.7 Å². The van der Waals surface area contributed by atoms with E-state index in [9.17, 15) is 19.2 Å². The molecule has 11 nitrogen and oxygen atoms in total. The number of hydrogen-bond donors (Lipinski definition) is 2. The summed E-state index contributed by atoms with van der Waals surface area (Å²) in [5.74, 6) is -0.979. The highest BCUT2D eigenvalue weighted by Gasteiger charge is 2.49. The van der Waals surface area contributed by atoms with Crippen LogP contribution in [0.25, 0.3) is 0 Å². The van der Waals surface area contributed by atoms with Crippen molar-refractivity contribution in [1.29, 1.82) is 0 Å². The molecule has 0 bridgehead atoms. The maximum absolute atomic E-state index is 13.0. The molecule has 13 heteroatoms. The van der Waals surface area contributed by atoms with E-state index in [0.29, 0.717) is 12.2 Å². The number of fused-ring (bicyclic) bond motifs is 1. The number of ether oxygens (including phenoxy) is 1. The van der Waals surface area contributed by atoms with Crippen molar-refractivity contribution in [2.24, 2.45) is 5.16 Å². The fourth-order valence-corrected chi connectivity index (χ4v) is 4.79. The van der Waals surface area contributed by atoms with Crippen molar-refractivity contribution in [2.45, 2.75) is 37.8 Å². The number of aromatic nitrogens is 1. The number of anilines is 1. The van der Waals surface area contributed by atoms with Crippen LogP contribution in [-0.4, -0.2) is 69.2 Å². The molecule has 2 atom stereocenters. The Morgan fingerprint density at radius 1 is 1.42 bits per heavy atom. The number of carbonyl (C=O) groups excluding carboxylic acids is 4. The third-order valence-corrected chi connectivity index (χ3v) is 6.37. The Kier molecular flexibility index (Phi) is 7.53. The Balaban J connectivity index is 1.73. The highest BCUT2D eigenvalue weighted by Crippen LogP contribution is 2.36. The zero-order valence-electron chi connectivity index (χ0n) is 18.2. The zero-order valence-corrected chi connectivity index (χ0v) is 19.8. The standard InChI is InChI=1S/C20H23N5O6S2/c1-5-11-6-25-17(29)15(18(25)32-8-11)23-16(28)14(12-9-33-19(22-12)21-10-26)24-30-7-13(27)31-20(2,3)4/h5-6,9-10,15,18H,1,7-8H2,2-4H3,(H,23,28)(H,21,22,26)/t15?,18-/m0/s1. The molecule has 2 aliphatic heterocycles. The Labute approximate surface area is 198 Å². The molecule has 3 heterocycles. The highest BCUT2D eigenvalue weighted by molar-refractivity contribution is 8.00. The second-order valence-electron chi connectivity index (χ2n) is 7.91. The Morgan fingerprint density at radius 2 is 2.18 bits per heavy atom. The van der Waals surface area contributed by atoms with Crippen molar-refractivity contribution >= 4 is 58.1 Å².